The molecule has 2 aromatic carbocycles. The molecule has 0 fully saturated rings. The van der Waals surface area contributed by atoms with Gasteiger partial charge < -0.3 is 10.2 Å². The minimum Gasteiger partial charge on any atom is -0.506 e. The van der Waals surface area contributed by atoms with Gasteiger partial charge in [0.05, 0.1) is 23.1 Å². The first-order valence-corrected chi connectivity index (χ1v) is 7.59. The SMILES string of the molecule is Oc1cc(-n2ncc3nc(-c4ccc(O)c(Cl)c4)ncc32)ccc1F. The lowest BCUT2D eigenvalue weighted by atomic mass is 10.2. The van der Waals surface area contributed by atoms with Gasteiger partial charge in [-0.1, -0.05) is 11.6 Å². The van der Waals surface area contributed by atoms with E-state index in [9.17, 15) is 14.6 Å². The molecule has 2 aromatic heterocycles. The van der Waals surface area contributed by atoms with Crippen molar-refractivity contribution in [3.8, 4) is 28.6 Å². The Morgan fingerprint density at radius 3 is 2.60 bits per heavy atom. The first-order valence-electron chi connectivity index (χ1n) is 7.21. The predicted octanol–water partition coefficient (Wildman–Crippen LogP) is 3.69. The number of phenolic OH excluding ortho intramolecular Hbond substituents is 2. The summed E-state index contributed by atoms with van der Waals surface area (Å²) >= 11 is 5.92. The summed E-state index contributed by atoms with van der Waals surface area (Å²) in [5.74, 6) is -0.758. The van der Waals surface area contributed by atoms with Crippen molar-refractivity contribution in [2.24, 2.45) is 0 Å². The number of halogens is 2. The first-order chi connectivity index (χ1) is 12.0. The zero-order chi connectivity index (χ0) is 17.6. The van der Waals surface area contributed by atoms with Gasteiger partial charge in [0.2, 0.25) is 0 Å². The van der Waals surface area contributed by atoms with Crippen molar-refractivity contribution in [1.29, 1.82) is 0 Å². The van der Waals surface area contributed by atoms with Crippen LogP contribution in [0.4, 0.5) is 4.39 Å². The largest absolute Gasteiger partial charge is 0.506 e. The summed E-state index contributed by atoms with van der Waals surface area (Å²) in [5, 5.41) is 23.5. The molecule has 2 N–H and O–H groups in total. The number of hydrogen-bond acceptors (Lipinski definition) is 5. The van der Waals surface area contributed by atoms with E-state index >= 15 is 0 Å². The van der Waals surface area contributed by atoms with Crippen LogP contribution >= 0.6 is 11.6 Å². The van der Waals surface area contributed by atoms with E-state index in [0.29, 0.717) is 28.1 Å². The van der Waals surface area contributed by atoms with E-state index in [2.05, 4.69) is 15.1 Å². The summed E-state index contributed by atoms with van der Waals surface area (Å²) in [7, 11) is 0. The van der Waals surface area contributed by atoms with Crippen molar-refractivity contribution < 1.29 is 14.6 Å². The second-order valence-corrected chi connectivity index (χ2v) is 5.73. The lowest BCUT2D eigenvalue weighted by Crippen LogP contribution is -1.97. The second kappa shape index (κ2) is 5.71. The molecular weight excluding hydrogens is 347 g/mol. The van der Waals surface area contributed by atoms with Crippen molar-refractivity contribution in [2.75, 3.05) is 0 Å². The highest BCUT2D eigenvalue weighted by Crippen LogP contribution is 2.29. The summed E-state index contributed by atoms with van der Waals surface area (Å²) in [4.78, 5) is 8.73. The number of rotatable bonds is 2. The van der Waals surface area contributed by atoms with Gasteiger partial charge in [-0.2, -0.15) is 5.10 Å². The zero-order valence-electron chi connectivity index (χ0n) is 12.6. The van der Waals surface area contributed by atoms with Crippen molar-refractivity contribution in [3.63, 3.8) is 0 Å². The van der Waals surface area contributed by atoms with E-state index in [1.807, 2.05) is 0 Å². The quantitative estimate of drug-likeness (QED) is 0.572. The number of aromatic hydroxyl groups is 2. The third-order valence-corrected chi connectivity index (χ3v) is 4.00. The van der Waals surface area contributed by atoms with Crippen LogP contribution in [0.3, 0.4) is 0 Å². The van der Waals surface area contributed by atoms with Gasteiger partial charge in [0.1, 0.15) is 16.8 Å². The third kappa shape index (κ3) is 2.64. The molecule has 25 heavy (non-hydrogen) atoms. The minimum atomic E-state index is -0.706. The van der Waals surface area contributed by atoms with Crippen LogP contribution in [0.5, 0.6) is 11.5 Å². The van der Waals surface area contributed by atoms with Gasteiger partial charge in [-0.05, 0) is 30.3 Å². The lowest BCUT2D eigenvalue weighted by Gasteiger charge is -2.05. The van der Waals surface area contributed by atoms with Gasteiger partial charge in [-0.15, -0.1) is 0 Å². The van der Waals surface area contributed by atoms with Gasteiger partial charge in [-0.3, -0.25) is 0 Å². The highest BCUT2D eigenvalue weighted by Gasteiger charge is 2.12. The number of benzene rings is 2. The van der Waals surface area contributed by atoms with Crippen LogP contribution in [0, 0.1) is 5.82 Å². The van der Waals surface area contributed by atoms with Crippen LogP contribution in [0.2, 0.25) is 5.02 Å². The maximum absolute atomic E-state index is 13.2. The number of nitrogens with zero attached hydrogens (tertiary/aromatic N) is 4. The van der Waals surface area contributed by atoms with Crippen LogP contribution in [-0.4, -0.2) is 30.0 Å². The third-order valence-electron chi connectivity index (χ3n) is 3.70. The average Bonchev–Trinajstić information content (AvgIpc) is 3.03. The molecule has 4 aromatic rings. The topological polar surface area (TPSA) is 84.1 Å². The van der Waals surface area contributed by atoms with Crippen LogP contribution in [0.25, 0.3) is 28.1 Å². The zero-order valence-corrected chi connectivity index (χ0v) is 13.3. The highest BCUT2D eigenvalue weighted by molar-refractivity contribution is 6.32. The van der Waals surface area contributed by atoms with Crippen LogP contribution < -0.4 is 0 Å². The lowest BCUT2D eigenvalue weighted by molar-refractivity contribution is 0.432. The van der Waals surface area contributed by atoms with Crippen molar-refractivity contribution in [1.82, 2.24) is 19.7 Å². The Balaban J connectivity index is 1.81. The predicted molar refractivity (Wildman–Crippen MR) is 90.4 cm³/mol. The molecule has 2 heterocycles. The molecule has 0 spiro atoms. The normalized spacial score (nSPS) is 11.1. The molecule has 0 amide bonds. The van der Waals surface area contributed by atoms with Gasteiger partial charge in [0.15, 0.2) is 17.4 Å². The number of hydrogen-bond donors (Lipinski definition) is 2. The van der Waals surface area contributed by atoms with Crippen molar-refractivity contribution >= 4 is 22.6 Å². The van der Waals surface area contributed by atoms with Crippen LogP contribution in [0.1, 0.15) is 0 Å². The van der Waals surface area contributed by atoms with Gasteiger partial charge >= 0.3 is 0 Å². The molecule has 124 valence electrons. The molecule has 8 heteroatoms. The summed E-state index contributed by atoms with van der Waals surface area (Å²) in [5.41, 5.74) is 2.30. The van der Waals surface area contributed by atoms with E-state index < -0.39 is 11.6 Å². The molecule has 4 rings (SSSR count). The monoisotopic (exact) mass is 356 g/mol. The molecule has 0 aliphatic carbocycles. The summed E-state index contributed by atoms with van der Waals surface area (Å²) in [6, 6.07) is 8.62. The Bertz CT molecular complexity index is 1110. The number of aromatic nitrogens is 4. The van der Waals surface area contributed by atoms with E-state index in [-0.39, 0.29) is 10.8 Å². The Kier molecular flexibility index (Phi) is 3.51. The average molecular weight is 357 g/mol. The number of phenols is 2. The summed E-state index contributed by atoms with van der Waals surface area (Å²) in [6.07, 6.45) is 3.12. The van der Waals surface area contributed by atoms with Crippen molar-refractivity contribution in [3.05, 3.63) is 59.6 Å². The van der Waals surface area contributed by atoms with Gasteiger partial charge in [0.25, 0.3) is 0 Å². The maximum Gasteiger partial charge on any atom is 0.164 e. The molecule has 0 atom stereocenters. The van der Waals surface area contributed by atoms with Gasteiger partial charge in [-0.25, -0.2) is 19.0 Å². The Hall–Kier alpha value is -3.19. The summed E-state index contributed by atoms with van der Waals surface area (Å²) < 4.78 is 14.7. The molecule has 0 bridgehead atoms. The van der Waals surface area contributed by atoms with E-state index in [0.717, 1.165) is 6.07 Å². The fourth-order valence-corrected chi connectivity index (χ4v) is 2.63. The highest BCUT2D eigenvalue weighted by atomic mass is 35.5. The smallest absolute Gasteiger partial charge is 0.164 e. The van der Waals surface area contributed by atoms with Crippen LogP contribution in [-0.2, 0) is 0 Å². The van der Waals surface area contributed by atoms with E-state index in [1.54, 1.807) is 24.5 Å². The number of fused-ring (bicyclic) bond motifs is 1. The van der Waals surface area contributed by atoms with E-state index in [1.165, 1.54) is 22.9 Å². The minimum absolute atomic E-state index is 0.0181. The van der Waals surface area contributed by atoms with Gasteiger partial charge in [0, 0.05) is 11.6 Å². The molecule has 0 aliphatic heterocycles. The molecule has 6 nitrogen and oxygen atoms in total. The first kappa shape index (κ1) is 15.3. The standard InChI is InChI=1S/C17H10ClFN4O2/c18-11-5-9(1-4-15(11)24)17-20-8-14-13(22-17)7-21-23(14)10-2-3-12(19)16(25)6-10/h1-8,24-25H. The molecule has 0 radical (unpaired) electrons. The molecule has 0 unspecified atom stereocenters. The molecule has 0 aliphatic rings. The second-order valence-electron chi connectivity index (χ2n) is 5.32. The fourth-order valence-electron chi connectivity index (χ4n) is 2.45. The Labute approximate surface area is 145 Å². The molecule has 0 saturated heterocycles. The summed E-state index contributed by atoms with van der Waals surface area (Å²) in [6.45, 7) is 0. The van der Waals surface area contributed by atoms with E-state index in [4.69, 9.17) is 11.6 Å². The Morgan fingerprint density at radius 2 is 1.84 bits per heavy atom. The fraction of sp³-hybridized carbons (Fsp3) is 0. The van der Waals surface area contributed by atoms with Crippen molar-refractivity contribution in [2.45, 2.75) is 0 Å². The van der Waals surface area contributed by atoms with Crippen LogP contribution in [0.15, 0.2) is 48.8 Å². The molecule has 0 saturated carbocycles. The maximum atomic E-state index is 13.2. The molecular formula is C17H10ClFN4O2. The Morgan fingerprint density at radius 1 is 1.00 bits per heavy atom.